The minimum absolute atomic E-state index is 0.0690. The van der Waals surface area contributed by atoms with Crippen LogP contribution in [0.2, 0.25) is 0 Å². The van der Waals surface area contributed by atoms with Crippen molar-refractivity contribution in [1.82, 2.24) is 4.98 Å². The number of aromatic nitrogens is 1. The van der Waals surface area contributed by atoms with Crippen LogP contribution in [0.25, 0.3) is 0 Å². The number of nitrogen functional groups attached to an aromatic ring is 1. The van der Waals surface area contributed by atoms with E-state index in [-0.39, 0.29) is 17.5 Å². The standard InChI is InChI=1S/C12H14N4O3/c1-8(7-9-3-2-6-19-9)14-11-5-4-10(16(17)18)12(13)15-11/h2-6,8H,7H2,1H3,(H3,13,14,15). The van der Waals surface area contributed by atoms with Gasteiger partial charge in [-0.05, 0) is 25.1 Å². The molecule has 1 atom stereocenters. The lowest BCUT2D eigenvalue weighted by atomic mass is 10.2. The first kappa shape index (κ1) is 12.9. The Morgan fingerprint density at radius 2 is 2.32 bits per heavy atom. The summed E-state index contributed by atoms with van der Waals surface area (Å²) in [5, 5.41) is 13.7. The quantitative estimate of drug-likeness (QED) is 0.631. The van der Waals surface area contributed by atoms with Gasteiger partial charge in [-0.3, -0.25) is 10.1 Å². The fourth-order valence-corrected chi connectivity index (χ4v) is 1.74. The Labute approximate surface area is 109 Å². The molecular weight excluding hydrogens is 248 g/mol. The van der Waals surface area contributed by atoms with Crippen LogP contribution in [0, 0.1) is 10.1 Å². The van der Waals surface area contributed by atoms with Crippen LogP contribution in [-0.4, -0.2) is 15.9 Å². The number of pyridine rings is 1. The number of furan rings is 1. The molecule has 19 heavy (non-hydrogen) atoms. The topological polar surface area (TPSA) is 107 Å². The summed E-state index contributed by atoms with van der Waals surface area (Å²) in [6.07, 6.45) is 2.30. The van der Waals surface area contributed by atoms with Gasteiger partial charge in [0.25, 0.3) is 0 Å². The molecule has 0 radical (unpaired) electrons. The van der Waals surface area contributed by atoms with Crippen LogP contribution in [0.5, 0.6) is 0 Å². The Bertz CT molecular complexity index is 568. The Kier molecular flexibility index (Phi) is 3.65. The average Bonchev–Trinajstić information content (AvgIpc) is 2.81. The Morgan fingerprint density at radius 3 is 2.89 bits per heavy atom. The summed E-state index contributed by atoms with van der Waals surface area (Å²) in [5.74, 6) is 1.26. The maximum Gasteiger partial charge on any atom is 0.311 e. The van der Waals surface area contributed by atoms with E-state index in [1.54, 1.807) is 6.26 Å². The molecule has 2 aromatic rings. The first-order valence-electron chi connectivity index (χ1n) is 5.76. The van der Waals surface area contributed by atoms with E-state index >= 15 is 0 Å². The van der Waals surface area contributed by atoms with Crippen LogP contribution in [0.15, 0.2) is 34.9 Å². The third kappa shape index (κ3) is 3.21. The number of rotatable bonds is 5. The molecule has 0 saturated carbocycles. The highest BCUT2D eigenvalue weighted by Gasteiger charge is 2.14. The van der Waals surface area contributed by atoms with Gasteiger partial charge in [0.15, 0.2) is 0 Å². The first-order valence-corrected chi connectivity index (χ1v) is 5.76. The summed E-state index contributed by atoms with van der Waals surface area (Å²) in [7, 11) is 0. The number of anilines is 2. The van der Waals surface area contributed by atoms with Gasteiger partial charge in [-0.25, -0.2) is 4.98 Å². The maximum absolute atomic E-state index is 10.6. The Morgan fingerprint density at radius 1 is 1.53 bits per heavy atom. The van der Waals surface area contributed by atoms with Crippen LogP contribution in [0.3, 0.4) is 0 Å². The smallest absolute Gasteiger partial charge is 0.311 e. The second kappa shape index (κ2) is 5.38. The fourth-order valence-electron chi connectivity index (χ4n) is 1.74. The minimum atomic E-state index is -0.557. The van der Waals surface area contributed by atoms with Gasteiger partial charge in [0.05, 0.1) is 11.2 Å². The van der Waals surface area contributed by atoms with Crippen molar-refractivity contribution in [2.24, 2.45) is 0 Å². The lowest BCUT2D eigenvalue weighted by molar-refractivity contribution is -0.384. The molecule has 7 nitrogen and oxygen atoms in total. The summed E-state index contributed by atoms with van der Waals surface area (Å²) in [5.41, 5.74) is 5.33. The molecule has 0 amide bonds. The number of nitrogens with one attached hydrogen (secondary N) is 1. The third-order valence-electron chi connectivity index (χ3n) is 2.58. The van der Waals surface area contributed by atoms with Gasteiger partial charge in [-0.1, -0.05) is 0 Å². The van der Waals surface area contributed by atoms with E-state index in [1.807, 2.05) is 19.1 Å². The van der Waals surface area contributed by atoms with E-state index < -0.39 is 4.92 Å². The number of hydrogen-bond acceptors (Lipinski definition) is 6. The lowest BCUT2D eigenvalue weighted by Crippen LogP contribution is -2.19. The zero-order chi connectivity index (χ0) is 13.8. The van der Waals surface area contributed by atoms with Crippen LogP contribution in [0.1, 0.15) is 12.7 Å². The molecule has 0 spiro atoms. The van der Waals surface area contributed by atoms with Crippen molar-refractivity contribution in [1.29, 1.82) is 0 Å². The molecule has 2 heterocycles. The van der Waals surface area contributed by atoms with Gasteiger partial charge < -0.3 is 15.5 Å². The second-order valence-electron chi connectivity index (χ2n) is 4.19. The van der Waals surface area contributed by atoms with Crippen molar-refractivity contribution in [2.75, 3.05) is 11.1 Å². The Balaban J connectivity index is 2.03. The van der Waals surface area contributed by atoms with Gasteiger partial charge in [-0.15, -0.1) is 0 Å². The van der Waals surface area contributed by atoms with Gasteiger partial charge in [0.2, 0.25) is 5.82 Å². The van der Waals surface area contributed by atoms with Crippen molar-refractivity contribution >= 4 is 17.3 Å². The molecule has 2 rings (SSSR count). The Hall–Kier alpha value is -2.57. The SMILES string of the molecule is CC(Cc1ccco1)Nc1ccc([N+](=O)[O-])c(N)n1. The summed E-state index contributed by atoms with van der Waals surface area (Å²) in [6.45, 7) is 1.96. The highest BCUT2D eigenvalue weighted by atomic mass is 16.6. The molecule has 0 saturated heterocycles. The molecule has 0 aromatic carbocycles. The van der Waals surface area contributed by atoms with Crippen molar-refractivity contribution in [2.45, 2.75) is 19.4 Å². The molecule has 0 aliphatic heterocycles. The zero-order valence-corrected chi connectivity index (χ0v) is 10.4. The van der Waals surface area contributed by atoms with Crippen molar-refractivity contribution in [3.05, 3.63) is 46.4 Å². The summed E-state index contributed by atoms with van der Waals surface area (Å²) >= 11 is 0. The summed E-state index contributed by atoms with van der Waals surface area (Å²) in [6, 6.07) is 6.65. The predicted molar refractivity (Wildman–Crippen MR) is 70.8 cm³/mol. The van der Waals surface area contributed by atoms with Gasteiger partial charge >= 0.3 is 5.69 Å². The van der Waals surface area contributed by atoms with Crippen molar-refractivity contribution in [3.8, 4) is 0 Å². The van der Waals surface area contributed by atoms with Gasteiger partial charge in [0.1, 0.15) is 11.6 Å². The van der Waals surface area contributed by atoms with Crippen molar-refractivity contribution in [3.63, 3.8) is 0 Å². The molecule has 0 aliphatic rings. The monoisotopic (exact) mass is 262 g/mol. The number of nitro groups is 1. The first-order chi connectivity index (χ1) is 9.06. The van der Waals surface area contributed by atoms with E-state index in [1.165, 1.54) is 12.1 Å². The van der Waals surface area contributed by atoms with E-state index in [0.29, 0.717) is 12.2 Å². The fraction of sp³-hybridized carbons (Fsp3) is 0.250. The largest absolute Gasteiger partial charge is 0.469 e. The molecule has 1 unspecified atom stereocenters. The molecule has 2 aromatic heterocycles. The zero-order valence-electron chi connectivity index (χ0n) is 10.4. The van der Waals surface area contributed by atoms with Crippen LogP contribution in [0.4, 0.5) is 17.3 Å². The van der Waals surface area contributed by atoms with Gasteiger partial charge in [-0.2, -0.15) is 0 Å². The highest BCUT2D eigenvalue weighted by Crippen LogP contribution is 2.21. The molecule has 100 valence electrons. The number of nitrogens with two attached hydrogens (primary N) is 1. The number of hydrogen-bond donors (Lipinski definition) is 2. The van der Waals surface area contributed by atoms with E-state index in [0.717, 1.165) is 5.76 Å². The molecular formula is C12H14N4O3. The normalized spacial score (nSPS) is 12.1. The predicted octanol–water partition coefficient (Wildman–Crippen LogP) is 2.21. The third-order valence-corrected chi connectivity index (χ3v) is 2.58. The van der Waals surface area contributed by atoms with E-state index in [2.05, 4.69) is 10.3 Å². The maximum atomic E-state index is 10.6. The van der Waals surface area contributed by atoms with Crippen molar-refractivity contribution < 1.29 is 9.34 Å². The highest BCUT2D eigenvalue weighted by molar-refractivity contribution is 5.57. The molecule has 0 aliphatic carbocycles. The van der Waals surface area contributed by atoms with Crippen LogP contribution >= 0.6 is 0 Å². The number of nitrogens with zero attached hydrogens (tertiary/aromatic N) is 2. The summed E-state index contributed by atoms with van der Waals surface area (Å²) < 4.78 is 5.24. The minimum Gasteiger partial charge on any atom is -0.469 e. The second-order valence-corrected chi connectivity index (χ2v) is 4.19. The molecule has 7 heteroatoms. The van der Waals surface area contributed by atoms with Crippen LogP contribution in [-0.2, 0) is 6.42 Å². The molecule has 3 N–H and O–H groups in total. The average molecular weight is 262 g/mol. The summed E-state index contributed by atoms with van der Waals surface area (Å²) in [4.78, 5) is 14.0. The molecule has 0 bridgehead atoms. The van der Waals surface area contributed by atoms with E-state index in [9.17, 15) is 10.1 Å². The van der Waals surface area contributed by atoms with E-state index in [4.69, 9.17) is 10.2 Å². The van der Waals surface area contributed by atoms with Crippen LogP contribution < -0.4 is 11.1 Å². The lowest BCUT2D eigenvalue weighted by Gasteiger charge is -2.13. The van der Waals surface area contributed by atoms with Gasteiger partial charge in [0, 0.05) is 18.5 Å². The molecule has 0 fully saturated rings.